The lowest BCUT2D eigenvalue weighted by Gasteiger charge is -2.26. The zero-order chi connectivity index (χ0) is 19.7. The Morgan fingerprint density at radius 3 is 2.54 bits per heavy atom. The molecule has 146 valence electrons. The van der Waals surface area contributed by atoms with Gasteiger partial charge < -0.3 is 10.4 Å². The third kappa shape index (κ3) is 4.02. The fraction of sp³-hybridized carbons (Fsp3) is 0.417. The topological polar surface area (TPSA) is 58.0 Å². The Kier molecular flexibility index (Phi) is 5.31. The number of aliphatic hydroxyl groups excluding tert-OH is 1. The van der Waals surface area contributed by atoms with Crippen LogP contribution in [-0.4, -0.2) is 21.2 Å². The van der Waals surface area contributed by atoms with Crippen molar-refractivity contribution in [2.45, 2.75) is 64.5 Å². The molecule has 0 spiro atoms. The lowest BCUT2D eigenvalue weighted by Crippen LogP contribution is -2.17. The summed E-state index contributed by atoms with van der Waals surface area (Å²) in [5.41, 5.74) is 4.82. The second-order valence-corrected chi connectivity index (χ2v) is 8.18. The van der Waals surface area contributed by atoms with Crippen molar-refractivity contribution in [1.29, 1.82) is 0 Å². The molecule has 1 saturated carbocycles. The van der Waals surface area contributed by atoms with E-state index in [-0.39, 0.29) is 12.1 Å². The number of nitrogens with zero attached hydrogens (tertiary/aromatic N) is 2. The number of aliphatic hydroxyl groups is 1. The summed E-state index contributed by atoms with van der Waals surface area (Å²) >= 11 is 0. The van der Waals surface area contributed by atoms with Crippen LogP contribution >= 0.6 is 0 Å². The van der Waals surface area contributed by atoms with Crippen molar-refractivity contribution in [2.24, 2.45) is 0 Å². The lowest BCUT2D eigenvalue weighted by molar-refractivity contribution is 0.122. The van der Waals surface area contributed by atoms with Crippen LogP contribution in [0.15, 0.2) is 42.5 Å². The molecule has 1 heterocycles. The van der Waals surface area contributed by atoms with Crippen molar-refractivity contribution in [1.82, 2.24) is 9.97 Å². The van der Waals surface area contributed by atoms with Gasteiger partial charge >= 0.3 is 0 Å². The maximum Gasteiger partial charge on any atom is 0.138 e. The van der Waals surface area contributed by atoms with E-state index in [1.165, 1.54) is 16.7 Å². The molecule has 0 aliphatic heterocycles. The Morgan fingerprint density at radius 2 is 1.79 bits per heavy atom. The van der Waals surface area contributed by atoms with Gasteiger partial charge in [0.15, 0.2) is 0 Å². The number of nitrogens with one attached hydrogen (secondary N) is 1. The van der Waals surface area contributed by atoms with E-state index >= 15 is 0 Å². The summed E-state index contributed by atoms with van der Waals surface area (Å²) in [7, 11) is 0. The van der Waals surface area contributed by atoms with Gasteiger partial charge in [-0.1, -0.05) is 35.9 Å². The molecule has 4 nitrogen and oxygen atoms in total. The lowest BCUT2D eigenvalue weighted by atomic mass is 9.82. The number of benzene rings is 2. The van der Waals surface area contributed by atoms with Crippen molar-refractivity contribution >= 4 is 16.7 Å². The summed E-state index contributed by atoms with van der Waals surface area (Å²) in [6.07, 6.45) is 3.74. The highest BCUT2D eigenvalue weighted by Crippen LogP contribution is 2.35. The van der Waals surface area contributed by atoms with Gasteiger partial charge in [-0.15, -0.1) is 0 Å². The fourth-order valence-electron chi connectivity index (χ4n) is 4.26. The average Bonchev–Trinajstić information content (AvgIpc) is 2.68. The Bertz CT molecular complexity index is 977. The molecule has 0 bridgehead atoms. The summed E-state index contributed by atoms with van der Waals surface area (Å²) < 4.78 is 0. The Labute approximate surface area is 167 Å². The summed E-state index contributed by atoms with van der Waals surface area (Å²) in [5.74, 6) is 2.19. The van der Waals surface area contributed by atoms with Gasteiger partial charge in [0.2, 0.25) is 0 Å². The summed E-state index contributed by atoms with van der Waals surface area (Å²) in [5, 5.41) is 14.5. The van der Waals surface area contributed by atoms with Crippen molar-refractivity contribution in [2.75, 3.05) is 5.32 Å². The maximum atomic E-state index is 9.82. The first-order chi connectivity index (χ1) is 13.5. The van der Waals surface area contributed by atoms with Gasteiger partial charge in [0.05, 0.1) is 11.6 Å². The standard InChI is InChI=1S/C24H29N3O/c1-15-5-4-6-19(13-15)16(2)25-24-22-14-20(18-7-10-21(28)11-8-18)9-12-23(22)26-17(3)27-24/h4-6,9,12-14,16,18,21,28H,7-8,10-11H2,1-3H3,(H,25,26,27)/t16-,18?,21?/m1/s1. The predicted molar refractivity (Wildman–Crippen MR) is 115 cm³/mol. The van der Waals surface area contributed by atoms with E-state index in [9.17, 15) is 5.11 Å². The largest absolute Gasteiger partial charge is 0.393 e. The maximum absolute atomic E-state index is 9.82. The highest BCUT2D eigenvalue weighted by molar-refractivity contribution is 5.90. The molecular formula is C24H29N3O. The molecule has 2 aromatic carbocycles. The van der Waals surface area contributed by atoms with E-state index < -0.39 is 0 Å². The van der Waals surface area contributed by atoms with Crippen LogP contribution in [0.5, 0.6) is 0 Å². The molecule has 0 unspecified atom stereocenters. The Morgan fingerprint density at radius 1 is 1.00 bits per heavy atom. The van der Waals surface area contributed by atoms with Crippen LogP contribution in [0, 0.1) is 13.8 Å². The molecule has 1 fully saturated rings. The van der Waals surface area contributed by atoms with Crippen LogP contribution in [0.2, 0.25) is 0 Å². The van der Waals surface area contributed by atoms with Crippen molar-refractivity contribution < 1.29 is 5.11 Å². The van der Waals surface area contributed by atoms with E-state index in [4.69, 9.17) is 4.98 Å². The number of aromatic nitrogens is 2. The first-order valence-corrected chi connectivity index (χ1v) is 10.3. The Balaban J connectivity index is 1.67. The molecule has 1 aliphatic rings. The molecule has 1 aliphatic carbocycles. The molecule has 0 saturated heterocycles. The molecule has 28 heavy (non-hydrogen) atoms. The highest BCUT2D eigenvalue weighted by Gasteiger charge is 2.21. The SMILES string of the molecule is Cc1cccc([C@@H](C)Nc2nc(C)nc3ccc(C4CCC(O)CC4)cc23)c1. The highest BCUT2D eigenvalue weighted by atomic mass is 16.3. The number of anilines is 1. The van der Waals surface area contributed by atoms with E-state index in [2.05, 4.69) is 66.6 Å². The van der Waals surface area contributed by atoms with Crippen molar-refractivity contribution in [3.05, 3.63) is 65.0 Å². The van der Waals surface area contributed by atoms with Crippen LogP contribution in [0.3, 0.4) is 0 Å². The molecule has 3 aromatic rings. The van der Waals surface area contributed by atoms with Gasteiger partial charge in [-0.05, 0) is 75.6 Å². The van der Waals surface area contributed by atoms with Crippen LogP contribution in [0.4, 0.5) is 5.82 Å². The third-order valence-corrected chi connectivity index (χ3v) is 5.90. The number of aryl methyl sites for hydroxylation is 2. The third-order valence-electron chi connectivity index (χ3n) is 5.90. The minimum Gasteiger partial charge on any atom is -0.393 e. The van der Waals surface area contributed by atoms with Crippen molar-refractivity contribution in [3.63, 3.8) is 0 Å². The molecule has 1 atom stereocenters. The Hall–Kier alpha value is -2.46. The number of rotatable bonds is 4. The number of fused-ring (bicyclic) bond motifs is 1. The first kappa shape index (κ1) is 18.9. The van der Waals surface area contributed by atoms with Gasteiger partial charge in [-0.2, -0.15) is 0 Å². The zero-order valence-electron chi connectivity index (χ0n) is 16.9. The van der Waals surface area contributed by atoms with Gasteiger partial charge in [0.1, 0.15) is 11.6 Å². The van der Waals surface area contributed by atoms with Crippen LogP contribution < -0.4 is 5.32 Å². The molecule has 4 rings (SSSR count). The minimum absolute atomic E-state index is 0.130. The smallest absolute Gasteiger partial charge is 0.138 e. The van der Waals surface area contributed by atoms with E-state index in [0.29, 0.717) is 5.92 Å². The predicted octanol–water partition coefficient (Wildman–Crippen LogP) is 5.44. The molecule has 2 N–H and O–H groups in total. The minimum atomic E-state index is -0.130. The van der Waals surface area contributed by atoms with Gasteiger partial charge in [0.25, 0.3) is 0 Å². The quantitative estimate of drug-likeness (QED) is 0.638. The van der Waals surface area contributed by atoms with Gasteiger partial charge in [0, 0.05) is 11.4 Å². The van der Waals surface area contributed by atoms with E-state index in [1.807, 2.05) is 6.92 Å². The monoisotopic (exact) mass is 375 g/mol. The van der Waals surface area contributed by atoms with Gasteiger partial charge in [-0.25, -0.2) is 9.97 Å². The summed E-state index contributed by atoms with van der Waals surface area (Å²) in [4.78, 5) is 9.36. The molecule has 1 aromatic heterocycles. The van der Waals surface area contributed by atoms with Crippen LogP contribution in [0.25, 0.3) is 10.9 Å². The zero-order valence-corrected chi connectivity index (χ0v) is 16.9. The second kappa shape index (κ2) is 7.88. The second-order valence-electron chi connectivity index (χ2n) is 8.18. The summed E-state index contributed by atoms with van der Waals surface area (Å²) in [6.45, 7) is 6.23. The molecule has 0 radical (unpaired) electrons. The van der Waals surface area contributed by atoms with Crippen molar-refractivity contribution in [3.8, 4) is 0 Å². The first-order valence-electron chi connectivity index (χ1n) is 10.3. The average molecular weight is 376 g/mol. The molecular weight excluding hydrogens is 346 g/mol. The van der Waals surface area contributed by atoms with E-state index in [1.54, 1.807) is 0 Å². The fourth-order valence-corrected chi connectivity index (χ4v) is 4.26. The molecule has 4 heteroatoms. The van der Waals surface area contributed by atoms with Crippen LogP contribution in [0.1, 0.15) is 67.1 Å². The summed E-state index contributed by atoms with van der Waals surface area (Å²) in [6, 6.07) is 15.3. The number of hydrogen-bond acceptors (Lipinski definition) is 4. The van der Waals surface area contributed by atoms with Gasteiger partial charge in [-0.3, -0.25) is 0 Å². The molecule has 0 amide bonds. The number of hydrogen-bond donors (Lipinski definition) is 2. The van der Waals surface area contributed by atoms with Crippen LogP contribution in [-0.2, 0) is 0 Å². The normalized spacial score (nSPS) is 20.9. The van der Waals surface area contributed by atoms with E-state index in [0.717, 1.165) is 48.2 Å².